The molecule has 11 aromatic rings. The third kappa shape index (κ3) is 4.76. The smallest absolute Gasteiger partial charge is 0.143 e. The third-order valence-electron chi connectivity index (χ3n) is 13.9. The van der Waals surface area contributed by atoms with E-state index in [2.05, 4.69) is 223 Å². The molecule has 64 heavy (non-hydrogen) atoms. The van der Waals surface area contributed by atoms with Gasteiger partial charge < -0.3 is 14.1 Å². The van der Waals surface area contributed by atoms with E-state index in [4.69, 9.17) is 9.15 Å². The Bertz CT molecular complexity index is 3730. The molecule has 0 radical (unpaired) electrons. The van der Waals surface area contributed by atoms with E-state index in [9.17, 15) is 0 Å². The Hall–Kier alpha value is -8.40. The van der Waals surface area contributed by atoms with E-state index in [-0.39, 0.29) is 0 Å². The first-order chi connectivity index (χ1) is 31.8. The van der Waals surface area contributed by atoms with Crippen LogP contribution in [0.4, 0.5) is 17.1 Å². The number of furan rings is 1. The Labute approximate surface area is 370 Å². The van der Waals surface area contributed by atoms with Crippen molar-refractivity contribution >= 4 is 39.0 Å². The number of rotatable bonds is 3. The molecule has 0 saturated heterocycles. The predicted molar refractivity (Wildman–Crippen MR) is 261 cm³/mol. The number of hydrogen-bond acceptors (Lipinski definition) is 3. The molecular weight excluding hydrogens is 779 g/mol. The summed E-state index contributed by atoms with van der Waals surface area (Å²) in [6, 6.07) is 81.7. The van der Waals surface area contributed by atoms with Crippen molar-refractivity contribution in [3.8, 4) is 67.1 Å². The zero-order valence-electron chi connectivity index (χ0n) is 34.6. The summed E-state index contributed by atoms with van der Waals surface area (Å²) in [6.45, 7) is 0. The summed E-state index contributed by atoms with van der Waals surface area (Å²) in [7, 11) is 0. The summed E-state index contributed by atoms with van der Waals surface area (Å²) < 4.78 is 13.7. The van der Waals surface area contributed by atoms with Gasteiger partial charge in [0.05, 0.1) is 5.41 Å². The normalized spacial score (nSPS) is 14.8. The van der Waals surface area contributed by atoms with Gasteiger partial charge in [0, 0.05) is 44.5 Å². The van der Waals surface area contributed by atoms with Crippen molar-refractivity contribution in [2.45, 2.75) is 5.41 Å². The van der Waals surface area contributed by atoms with E-state index in [1.807, 2.05) is 6.07 Å². The number of fused-ring (bicyclic) bond motifs is 21. The summed E-state index contributed by atoms with van der Waals surface area (Å²) >= 11 is 0. The van der Waals surface area contributed by atoms with Crippen LogP contribution in [0, 0.1) is 0 Å². The lowest BCUT2D eigenvalue weighted by atomic mass is 9.65. The van der Waals surface area contributed by atoms with Crippen LogP contribution in [0.3, 0.4) is 0 Å². The molecule has 2 aliphatic carbocycles. The molecule has 1 atom stereocenters. The van der Waals surface area contributed by atoms with Gasteiger partial charge in [0.2, 0.25) is 0 Å². The molecule has 2 heterocycles. The van der Waals surface area contributed by atoms with Gasteiger partial charge in [-0.05, 0) is 116 Å². The highest BCUT2D eigenvalue weighted by molar-refractivity contribution is 6.13. The maximum Gasteiger partial charge on any atom is 0.143 e. The molecule has 3 aliphatic rings. The third-order valence-corrected chi connectivity index (χ3v) is 13.9. The van der Waals surface area contributed by atoms with Gasteiger partial charge in [-0.3, -0.25) is 0 Å². The summed E-state index contributed by atoms with van der Waals surface area (Å²) in [5.41, 5.74) is 20.9. The van der Waals surface area contributed by atoms with Gasteiger partial charge in [0.25, 0.3) is 0 Å². The van der Waals surface area contributed by atoms with E-state index in [0.717, 1.165) is 78.3 Å². The van der Waals surface area contributed by atoms with Gasteiger partial charge in [-0.2, -0.15) is 0 Å². The molecule has 0 saturated carbocycles. The Morgan fingerprint density at radius 2 is 0.859 bits per heavy atom. The molecule has 1 unspecified atom stereocenters. The maximum atomic E-state index is 6.91. The van der Waals surface area contributed by atoms with Crippen molar-refractivity contribution in [2.75, 3.05) is 4.90 Å². The van der Waals surface area contributed by atoms with Crippen LogP contribution in [-0.2, 0) is 5.41 Å². The van der Waals surface area contributed by atoms with Crippen LogP contribution in [-0.4, -0.2) is 0 Å². The fourth-order valence-corrected chi connectivity index (χ4v) is 11.3. The fourth-order valence-electron chi connectivity index (χ4n) is 11.3. The molecule has 298 valence electrons. The zero-order valence-corrected chi connectivity index (χ0v) is 34.6. The van der Waals surface area contributed by atoms with Gasteiger partial charge in [0.1, 0.15) is 22.7 Å². The van der Waals surface area contributed by atoms with Crippen LogP contribution in [0.5, 0.6) is 11.5 Å². The van der Waals surface area contributed by atoms with Crippen LogP contribution in [0.1, 0.15) is 22.3 Å². The highest BCUT2D eigenvalue weighted by atomic mass is 16.5. The number of benzene rings is 10. The van der Waals surface area contributed by atoms with Gasteiger partial charge in [0.15, 0.2) is 0 Å². The first-order valence-electron chi connectivity index (χ1n) is 22.0. The Morgan fingerprint density at radius 1 is 0.312 bits per heavy atom. The van der Waals surface area contributed by atoms with Gasteiger partial charge in [-0.25, -0.2) is 0 Å². The van der Waals surface area contributed by atoms with Crippen LogP contribution in [0.15, 0.2) is 229 Å². The van der Waals surface area contributed by atoms with Crippen LogP contribution in [0.2, 0.25) is 0 Å². The quantitative estimate of drug-likeness (QED) is 0.178. The lowest BCUT2D eigenvalue weighted by Crippen LogP contribution is -2.29. The second-order valence-corrected chi connectivity index (χ2v) is 17.1. The topological polar surface area (TPSA) is 25.6 Å². The molecule has 0 fully saturated rings. The predicted octanol–water partition coefficient (Wildman–Crippen LogP) is 16.5. The minimum absolute atomic E-state index is 0.700. The highest BCUT2D eigenvalue weighted by Gasteiger charge is 2.51. The summed E-state index contributed by atoms with van der Waals surface area (Å²) in [5.74, 6) is 1.69. The average Bonchev–Trinajstić information content (AvgIpc) is 3.80. The van der Waals surface area contributed by atoms with E-state index < -0.39 is 5.41 Å². The van der Waals surface area contributed by atoms with E-state index in [1.165, 1.54) is 50.1 Å². The number of nitrogens with zero attached hydrogens (tertiary/aromatic N) is 1. The van der Waals surface area contributed by atoms with Crippen molar-refractivity contribution in [2.24, 2.45) is 0 Å². The minimum atomic E-state index is -0.700. The summed E-state index contributed by atoms with van der Waals surface area (Å²) in [5, 5.41) is 2.26. The molecule has 1 spiro atoms. The van der Waals surface area contributed by atoms with Crippen LogP contribution < -0.4 is 9.64 Å². The van der Waals surface area contributed by atoms with Crippen molar-refractivity contribution in [1.29, 1.82) is 0 Å². The second-order valence-electron chi connectivity index (χ2n) is 17.1. The van der Waals surface area contributed by atoms with Crippen LogP contribution in [0.25, 0.3) is 77.6 Å². The SMILES string of the molecule is c1ccc(N(c2ccc3c(c2)-c2ccccc2-c2ccccc2O3)c2ccc3c(c2)C2(c4ccccc4-c4ccccc4-3)c3ccccc3-c3c2ccc2c3oc3ccccc32)cc1. The van der Waals surface area contributed by atoms with Gasteiger partial charge in [-0.1, -0.05) is 170 Å². The molecule has 10 aromatic carbocycles. The molecule has 0 amide bonds. The number of ether oxygens (including phenoxy) is 1. The molecule has 3 heteroatoms. The standard InChI is InChI=1S/C61H37NO2/c1-2-16-38(17-3-1)62(39-31-35-58-51(36-39)44-21-7-6-20-43(44)47-23-10-14-28-56(47)63-58)40-30-32-46-42-19-5-4-18-41(42)45-22-8-12-26-52(45)61(55(46)37-40)53-27-13-9-25-50(53)59-54(61)34-33-49-48-24-11-15-29-57(48)64-60(49)59/h1-37H. The molecule has 0 bridgehead atoms. The van der Waals surface area contributed by atoms with Crippen molar-refractivity contribution in [3.05, 3.63) is 247 Å². The monoisotopic (exact) mass is 815 g/mol. The van der Waals surface area contributed by atoms with Crippen LogP contribution >= 0.6 is 0 Å². The fraction of sp³-hybridized carbons (Fsp3) is 0.0164. The Kier molecular flexibility index (Phi) is 7.32. The Balaban J connectivity index is 1.08. The molecule has 1 aromatic heterocycles. The average molecular weight is 816 g/mol. The number of hydrogen-bond donors (Lipinski definition) is 0. The molecule has 0 N–H and O–H groups in total. The van der Waals surface area contributed by atoms with Crippen molar-refractivity contribution in [3.63, 3.8) is 0 Å². The zero-order chi connectivity index (χ0) is 41.9. The largest absolute Gasteiger partial charge is 0.456 e. The molecule has 14 rings (SSSR count). The minimum Gasteiger partial charge on any atom is -0.456 e. The first-order valence-corrected chi connectivity index (χ1v) is 22.0. The van der Waals surface area contributed by atoms with Crippen molar-refractivity contribution < 1.29 is 9.15 Å². The number of anilines is 3. The molecule has 1 aliphatic heterocycles. The lowest BCUT2D eigenvalue weighted by molar-refractivity contribution is 0.488. The van der Waals surface area contributed by atoms with E-state index >= 15 is 0 Å². The van der Waals surface area contributed by atoms with Gasteiger partial charge in [-0.15, -0.1) is 0 Å². The maximum absolute atomic E-state index is 6.91. The lowest BCUT2D eigenvalue weighted by Gasteiger charge is -2.36. The van der Waals surface area contributed by atoms with Crippen molar-refractivity contribution in [1.82, 2.24) is 0 Å². The first kappa shape index (κ1) is 35.2. The summed E-state index contributed by atoms with van der Waals surface area (Å²) in [4.78, 5) is 2.40. The molecule has 3 nitrogen and oxygen atoms in total. The highest BCUT2D eigenvalue weighted by Crippen LogP contribution is 2.63. The van der Waals surface area contributed by atoms with Gasteiger partial charge >= 0.3 is 0 Å². The second kappa shape index (κ2) is 13.3. The number of para-hydroxylation sites is 3. The molecular formula is C61H37NO2. The summed E-state index contributed by atoms with van der Waals surface area (Å²) in [6.07, 6.45) is 0. The van der Waals surface area contributed by atoms with E-state index in [0.29, 0.717) is 0 Å². The van der Waals surface area contributed by atoms with E-state index in [1.54, 1.807) is 0 Å². The Morgan fingerprint density at radius 3 is 1.64 bits per heavy atom.